The number of benzene rings is 1. The van der Waals surface area contributed by atoms with E-state index in [9.17, 15) is 8.42 Å². The van der Waals surface area contributed by atoms with Gasteiger partial charge in [-0.15, -0.1) is 0 Å². The summed E-state index contributed by atoms with van der Waals surface area (Å²) >= 11 is 0. The number of ether oxygens (including phenoxy) is 2. The average Bonchev–Trinajstić information content (AvgIpc) is 2.97. The molecule has 2 unspecified atom stereocenters. The van der Waals surface area contributed by atoms with Gasteiger partial charge in [0, 0.05) is 26.7 Å². The fourth-order valence-corrected chi connectivity index (χ4v) is 4.34. The Morgan fingerprint density at radius 2 is 2.05 bits per heavy atom. The van der Waals surface area contributed by atoms with Crippen LogP contribution in [-0.4, -0.2) is 57.5 Å². The van der Waals surface area contributed by atoms with E-state index >= 15 is 0 Å². The van der Waals surface area contributed by atoms with Crippen LogP contribution >= 0.6 is 0 Å². The fourth-order valence-electron chi connectivity index (χ4n) is 2.43. The van der Waals surface area contributed by atoms with E-state index < -0.39 is 21.4 Å². The molecule has 7 heteroatoms. The second kappa shape index (κ2) is 7.33. The highest BCUT2D eigenvalue weighted by atomic mass is 32.2. The van der Waals surface area contributed by atoms with Gasteiger partial charge in [-0.1, -0.05) is 30.3 Å². The number of nitrogens with two attached hydrogens (primary N) is 1. The van der Waals surface area contributed by atoms with E-state index in [1.54, 1.807) is 0 Å². The summed E-state index contributed by atoms with van der Waals surface area (Å²) in [6, 6.07) is 9.48. The average molecular weight is 314 g/mol. The largest absolute Gasteiger partial charge is 0.378 e. The molecule has 6 nitrogen and oxygen atoms in total. The summed E-state index contributed by atoms with van der Waals surface area (Å²) in [6.45, 7) is 1.34. The lowest BCUT2D eigenvalue weighted by Crippen LogP contribution is -2.45. The van der Waals surface area contributed by atoms with E-state index in [0.717, 1.165) is 5.56 Å². The van der Waals surface area contributed by atoms with Crippen molar-refractivity contribution in [2.75, 3.05) is 33.4 Å². The molecule has 21 heavy (non-hydrogen) atoms. The minimum atomic E-state index is -3.52. The molecule has 0 radical (unpaired) electrons. The minimum Gasteiger partial charge on any atom is -0.378 e. The third-order valence-corrected chi connectivity index (χ3v) is 5.84. The van der Waals surface area contributed by atoms with Crippen LogP contribution in [0.2, 0.25) is 0 Å². The zero-order chi connectivity index (χ0) is 15.3. The molecule has 1 saturated heterocycles. The Balaban J connectivity index is 2.20. The first-order chi connectivity index (χ1) is 10.1. The van der Waals surface area contributed by atoms with E-state index in [2.05, 4.69) is 0 Å². The highest BCUT2D eigenvalue weighted by molar-refractivity contribution is 7.89. The Morgan fingerprint density at radius 1 is 1.33 bits per heavy atom. The van der Waals surface area contributed by atoms with Crippen molar-refractivity contribution in [3.63, 3.8) is 0 Å². The summed E-state index contributed by atoms with van der Waals surface area (Å²) in [6.07, 6.45) is -0.425. The van der Waals surface area contributed by atoms with Crippen LogP contribution < -0.4 is 5.73 Å². The molecule has 0 saturated carbocycles. The van der Waals surface area contributed by atoms with Crippen molar-refractivity contribution < 1.29 is 17.9 Å². The molecule has 1 aromatic rings. The van der Waals surface area contributed by atoms with E-state index in [1.165, 1.54) is 11.4 Å². The maximum Gasteiger partial charge on any atom is 0.222 e. The first-order valence-electron chi connectivity index (χ1n) is 6.93. The zero-order valence-corrected chi connectivity index (χ0v) is 13.0. The van der Waals surface area contributed by atoms with Gasteiger partial charge in [-0.3, -0.25) is 0 Å². The van der Waals surface area contributed by atoms with Gasteiger partial charge in [0.2, 0.25) is 10.0 Å². The maximum atomic E-state index is 12.8. The van der Waals surface area contributed by atoms with Crippen molar-refractivity contribution in [2.45, 2.75) is 17.9 Å². The second-order valence-corrected chi connectivity index (χ2v) is 7.15. The summed E-state index contributed by atoms with van der Waals surface area (Å²) in [5, 5.41) is -0.669. The number of rotatable bonds is 7. The first kappa shape index (κ1) is 16.4. The van der Waals surface area contributed by atoms with Gasteiger partial charge < -0.3 is 15.2 Å². The Kier molecular flexibility index (Phi) is 5.72. The van der Waals surface area contributed by atoms with Gasteiger partial charge in [0.1, 0.15) is 11.4 Å². The molecular weight excluding hydrogens is 292 g/mol. The van der Waals surface area contributed by atoms with E-state index in [4.69, 9.17) is 15.2 Å². The molecule has 2 atom stereocenters. The normalized spacial score (nSPS) is 22.8. The lowest BCUT2D eigenvalue weighted by molar-refractivity contribution is 0.0824. The first-order valence-corrected chi connectivity index (χ1v) is 8.43. The number of nitrogens with zero attached hydrogens (tertiary/aromatic N) is 1. The Bertz CT molecular complexity index is 535. The van der Waals surface area contributed by atoms with Gasteiger partial charge in [-0.25, -0.2) is 8.42 Å². The second-order valence-electron chi connectivity index (χ2n) is 5.00. The molecule has 1 aliphatic heterocycles. The Labute approximate surface area is 125 Å². The van der Waals surface area contributed by atoms with Crippen LogP contribution in [0.5, 0.6) is 0 Å². The monoisotopic (exact) mass is 314 g/mol. The minimum absolute atomic E-state index is 0.163. The summed E-state index contributed by atoms with van der Waals surface area (Å²) in [5.74, 6) is 0. The molecular formula is C14H22N2O4S. The van der Waals surface area contributed by atoms with E-state index in [-0.39, 0.29) is 19.7 Å². The van der Waals surface area contributed by atoms with Gasteiger partial charge in [0.15, 0.2) is 0 Å². The molecule has 0 spiro atoms. The van der Waals surface area contributed by atoms with E-state index in [0.29, 0.717) is 13.2 Å². The molecule has 0 aromatic heterocycles. The van der Waals surface area contributed by atoms with Crippen molar-refractivity contribution in [1.29, 1.82) is 0 Å². The molecule has 0 amide bonds. The highest BCUT2D eigenvalue weighted by Crippen LogP contribution is 2.22. The molecule has 1 fully saturated rings. The Hall–Kier alpha value is -0.990. The van der Waals surface area contributed by atoms with Crippen LogP contribution in [0.3, 0.4) is 0 Å². The molecule has 2 N–H and O–H groups in total. The maximum absolute atomic E-state index is 12.8. The summed E-state index contributed by atoms with van der Waals surface area (Å²) in [7, 11) is -2.01. The van der Waals surface area contributed by atoms with Gasteiger partial charge in [-0.05, 0) is 5.56 Å². The molecule has 0 bridgehead atoms. The van der Waals surface area contributed by atoms with E-state index in [1.807, 2.05) is 30.3 Å². The molecule has 1 aromatic carbocycles. The third kappa shape index (κ3) is 3.81. The number of hydrogen-bond acceptors (Lipinski definition) is 5. The van der Waals surface area contributed by atoms with Crippen molar-refractivity contribution in [2.24, 2.45) is 5.73 Å². The molecule has 1 heterocycles. The highest BCUT2D eigenvalue weighted by Gasteiger charge is 2.41. The lowest BCUT2D eigenvalue weighted by Gasteiger charge is -2.27. The third-order valence-electron chi connectivity index (χ3n) is 3.60. The van der Waals surface area contributed by atoms with Gasteiger partial charge >= 0.3 is 0 Å². The molecule has 0 aliphatic carbocycles. The molecule has 118 valence electrons. The zero-order valence-electron chi connectivity index (χ0n) is 12.1. The number of methoxy groups -OCH3 is 1. The SMILES string of the molecule is COC1COCC1S(=O)(=O)N(CCN)Cc1ccccc1. The predicted octanol–water partition coefficient (Wildman–Crippen LogP) is 0.191. The van der Waals surface area contributed by atoms with Crippen LogP contribution in [0.25, 0.3) is 0 Å². The van der Waals surface area contributed by atoms with Crippen molar-refractivity contribution in [1.82, 2.24) is 4.31 Å². The van der Waals surface area contributed by atoms with Crippen LogP contribution in [0.15, 0.2) is 30.3 Å². The van der Waals surface area contributed by atoms with Crippen LogP contribution in [0.4, 0.5) is 0 Å². The fraction of sp³-hybridized carbons (Fsp3) is 0.571. The molecule has 2 rings (SSSR count). The summed E-state index contributed by atoms with van der Waals surface area (Å²) < 4.78 is 37.5. The van der Waals surface area contributed by atoms with Gasteiger partial charge in [-0.2, -0.15) is 4.31 Å². The van der Waals surface area contributed by atoms with Crippen LogP contribution in [-0.2, 0) is 26.0 Å². The topological polar surface area (TPSA) is 81.9 Å². The standard InChI is InChI=1S/C14H22N2O4S/c1-19-13-10-20-11-14(13)21(17,18)16(8-7-15)9-12-5-3-2-4-6-12/h2-6,13-14H,7-11,15H2,1H3. The Morgan fingerprint density at radius 3 is 2.67 bits per heavy atom. The summed E-state index contributed by atoms with van der Waals surface area (Å²) in [4.78, 5) is 0. The van der Waals surface area contributed by atoms with Gasteiger partial charge in [0.05, 0.1) is 13.2 Å². The van der Waals surface area contributed by atoms with Crippen molar-refractivity contribution >= 4 is 10.0 Å². The number of hydrogen-bond donors (Lipinski definition) is 1. The van der Waals surface area contributed by atoms with Crippen LogP contribution in [0, 0.1) is 0 Å². The van der Waals surface area contributed by atoms with Crippen molar-refractivity contribution in [3.05, 3.63) is 35.9 Å². The predicted molar refractivity (Wildman–Crippen MR) is 80.2 cm³/mol. The van der Waals surface area contributed by atoms with Crippen molar-refractivity contribution in [3.8, 4) is 0 Å². The summed E-state index contributed by atoms with van der Waals surface area (Å²) in [5.41, 5.74) is 6.51. The van der Waals surface area contributed by atoms with Gasteiger partial charge in [0.25, 0.3) is 0 Å². The number of sulfonamides is 1. The molecule has 1 aliphatic rings. The lowest BCUT2D eigenvalue weighted by atomic mass is 10.2. The quantitative estimate of drug-likeness (QED) is 0.777. The van der Waals surface area contributed by atoms with Crippen LogP contribution in [0.1, 0.15) is 5.56 Å². The smallest absolute Gasteiger partial charge is 0.222 e.